The summed E-state index contributed by atoms with van der Waals surface area (Å²) < 4.78 is 0.634. The summed E-state index contributed by atoms with van der Waals surface area (Å²) in [6.07, 6.45) is 1.54. The number of hydrogen-bond acceptors (Lipinski definition) is 4. The fourth-order valence-corrected chi connectivity index (χ4v) is 1.94. The lowest BCUT2D eigenvalue weighted by molar-refractivity contribution is 0.937. The Balaban J connectivity index is 0.000000120. The molecule has 0 bridgehead atoms. The van der Waals surface area contributed by atoms with Gasteiger partial charge >= 0.3 is 0 Å². The lowest BCUT2D eigenvalue weighted by Gasteiger charge is -1.80. The SMILES string of the molecule is S=c1cn[nH][nH]1.SS1=CNCC1. The van der Waals surface area contributed by atoms with Crippen molar-refractivity contribution in [3.63, 3.8) is 0 Å². The molecule has 0 radical (unpaired) electrons. The molecule has 1 aromatic heterocycles. The highest BCUT2D eigenvalue weighted by molar-refractivity contribution is 8.76. The third kappa shape index (κ3) is 4.05. The van der Waals surface area contributed by atoms with Gasteiger partial charge < -0.3 is 0 Å². The molecule has 68 valence electrons. The Morgan fingerprint density at radius 2 is 2.50 bits per heavy atom. The van der Waals surface area contributed by atoms with Gasteiger partial charge in [-0.25, -0.2) is 5.21 Å². The minimum atomic E-state index is 0.285. The van der Waals surface area contributed by atoms with Gasteiger partial charge in [0.15, 0.2) is 0 Å². The van der Waals surface area contributed by atoms with Crippen LogP contribution in [0.25, 0.3) is 0 Å². The molecule has 0 saturated heterocycles. The molecule has 0 fully saturated rings. The quantitative estimate of drug-likeness (QED) is 0.300. The van der Waals surface area contributed by atoms with Crippen LogP contribution in [0.15, 0.2) is 6.20 Å². The lowest BCUT2D eigenvalue weighted by Crippen LogP contribution is -2.04. The van der Waals surface area contributed by atoms with Gasteiger partial charge in [0, 0.05) is 17.8 Å². The summed E-state index contributed by atoms with van der Waals surface area (Å²) in [4.78, 5) is 0. The topological polar surface area (TPSA) is 56.5 Å². The standard InChI is InChI=1S/C3H7NS2.C2H3N3S/c5-6-2-1-4-3-6;6-2-1-3-5-4-2/h3-5H,1-2H2;1H,(H2,3,4,5,6). The average Bonchev–Trinajstić information content (AvgIpc) is 2.63. The number of H-pyrrole nitrogens is 2. The highest BCUT2D eigenvalue weighted by Gasteiger charge is 1.93. The maximum Gasteiger partial charge on any atom is 0.139 e. The Morgan fingerprint density at radius 1 is 1.67 bits per heavy atom. The molecule has 0 spiro atoms. The number of nitrogens with zero attached hydrogens (tertiary/aromatic N) is 1. The predicted octanol–water partition coefficient (Wildman–Crippen LogP) is 0.930. The zero-order valence-corrected chi connectivity index (χ0v) is 8.81. The minimum Gasteiger partial charge on any atom is -0.289 e. The fraction of sp³-hybridized carbons (Fsp3) is 0.400. The van der Waals surface area contributed by atoms with Crippen LogP contribution in [0.2, 0.25) is 0 Å². The predicted molar refractivity (Wildman–Crippen MR) is 59.3 cm³/mol. The summed E-state index contributed by atoms with van der Waals surface area (Å²) in [5.41, 5.74) is 2.04. The van der Waals surface area contributed by atoms with Gasteiger partial charge in [-0.1, -0.05) is 12.2 Å². The third-order valence-corrected chi connectivity index (χ3v) is 3.23. The number of hydrogen-bond donors (Lipinski definition) is 4. The molecule has 0 aliphatic carbocycles. The molecule has 1 atom stereocenters. The smallest absolute Gasteiger partial charge is 0.139 e. The van der Waals surface area contributed by atoms with Crippen LogP contribution in [-0.2, 0) is 0 Å². The second kappa shape index (κ2) is 5.52. The van der Waals surface area contributed by atoms with E-state index in [2.05, 4.69) is 44.6 Å². The van der Waals surface area contributed by atoms with E-state index in [0.29, 0.717) is 4.64 Å². The van der Waals surface area contributed by atoms with Crippen LogP contribution < -0.4 is 5.32 Å². The first kappa shape index (κ1) is 9.97. The Hall–Kier alpha value is -0.110. The van der Waals surface area contributed by atoms with Crippen molar-refractivity contribution in [3.8, 4) is 0 Å². The molecule has 4 nitrogen and oxygen atoms in total. The van der Waals surface area contributed by atoms with Gasteiger partial charge in [0.25, 0.3) is 0 Å². The van der Waals surface area contributed by atoms with Crippen LogP contribution in [0.4, 0.5) is 0 Å². The average molecular weight is 222 g/mol. The molecule has 12 heavy (non-hydrogen) atoms. The Morgan fingerprint density at radius 3 is 2.67 bits per heavy atom. The molecular weight excluding hydrogens is 212 g/mol. The Bertz CT molecular complexity index is 285. The second-order valence-corrected chi connectivity index (χ2v) is 5.33. The second-order valence-electron chi connectivity index (χ2n) is 2.04. The highest BCUT2D eigenvalue weighted by Crippen LogP contribution is 2.16. The maximum absolute atomic E-state index is 4.60. The molecule has 1 aliphatic heterocycles. The summed E-state index contributed by atoms with van der Waals surface area (Å²) in [5, 5.41) is 11.6. The van der Waals surface area contributed by atoms with E-state index >= 15 is 0 Å². The highest BCUT2D eigenvalue weighted by atomic mass is 33.1. The zero-order chi connectivity index (χ0) is 8.81. The zero-order valence-electron chi connectivity index (χ0n) is 6.28. The summed E-state index contributed by atoms with van der Waals surface area (Å²) in [5.74, 6) is 1.21. The molecule has 1 aromatic rings. The van der Waals surface area contributed by atoms with Crippen molar-refractivity contribution in [1.29, 1.82) is 0 Å². The van der Waals surface area contributed by atoms with Crippen LogP contribution in [0.3, 0.4) is 0 Å². The van der Waals surface area contributed by atoms with Gasteiger partial charge in [-0.2, -0.15) is 5.10 Å². The number of aromatic amines is 2. The molecular formula is C5H10N4S3. The third-order valence-electron chi connectivity index (χ3n) is 1.10. The summed E-state index contributed by atoms with van der Waals surface area (Å²) in [6, 6.07) is 0. The normalized spacial score (nSPS) is 20.9. The summed E-state index contributed by atoms with van der Waals surface area (Å²) >= 11 is 8.80. The molecule has 1 aliphatic rings. The first-order valence-corrected chi connectivity index (χ1v) is 6.24. The monoisotopic (exact) mass is 222 g/mol. The van der Waals surface area contributed by atoms with Gasteiger partial charge in [0.05, 0.1) is 6.20 Å². The molecule has 2 heterocycles. The summed E-state index contributed by atoms with van der Waals surface area (Å²) in [7, 11) is 0.285. The fourth-order valence-electron chi connectivity index (χ4n) is 0.588. The first-order chi connectivity index (χ1) is 5.79. The van der Waals surface area contributed by atoms with Crippen LogP contribution in [-0.4, -0.2) is 33.2 Å². The number of nitrogens with one attached hydrogen (secondary N) is 3. The first-order valence-electron chi connectivity index (χ1n) is 3.32. The van der Waals surface area contributed by atoms with E-state index in [1.807, 2.05) is 5.49 Å². The van der Waals surface area contributed by atoms with Crippen molar-refractivity contribution in [2.24, 2.45) is 0 Å². The Kier molecular flexibility index (Phi) is 4.59. The van der Waals surface area contributed by atoms with Crippen molar-refractivity contribution in [1.82, 2.24) is 20.7 Å². The molecule has 1 unspecified atom stereocenters. The van der Waals surface area contributed by atoms with Gasteiger partial charge in [-0.3, -0.25) is 10.4 Å². The largest absolute Gasteiger partial charge is 0.289 e. The summed E-state index contributed by atoms with van der Waals surface area (Å²) in [6.45, 7) is 1.12. The van der Waals surface area contributed by atoms with Crippen LogP contribution in [0, 0.1) is 4.64 Å². The van der Waals surface area contributed by atoms with E-state index in [-0.39, 0.29) is 9.52 Å². The van der Waals surface area contributed by atoms with E-state index < -0.39 is 0 Å². The molecule has 0 amide bonds. The maximum atomic E-state index is 4.60. The molecule has 0 saturated carbocycles. The number of rotatable bonds is 0. The Labute approximate surface area is 82.9 Å². The molecule has 3 N–H and O–H groups in total. The van der Waals surface area contributed by atoms with E-state index in [1.54, 1.807) is 0 Å². The minimum absolute atomic E-state index is 0.285. The van der Waals surface area contributed by atoms with E-state index in [1.165, 1.54) is 11.9 Å². The van der Waals surface area contributed by atoms with Crippen molar-refractivity contribution in [2.75, 3.05) is 12.3 Å². The van der Waals surface area contributed by atoms with Gasteiger partial charge in [-0.05, 0) is 0 Å². The van der Waals surface area contributed by atoms with Crippen LogP contribution in [0.5, 0.6) is 0 Å². The van der Waals surface area contributed by atoms with Crippen LogP contribution in [0.1, 0.15) is 0 Å². The molecule has 0 aromatic carbocycles. The van der Waals surface area contributed by atoms with Crippen molar-refractivity contribution < 1.29 is 0 Å². The number of thiol groups is 1. The van der Waals surface area contributed by atoms with Gasteiger partial charge in [0.1, 0.15) is 4.64 Å². The van der Waals surface area contributed by atoms with Crippen LogP contribution >= 0.6 is 33.4 Å². The van der Waals surface area contributed by atoms with E-state index in [4.69, 9.17) is 0 Å². The van der Waals surface area contributed by atoms with Crippen molar-refractivity contribution in [3.05, 3.63) is 10.8 Å². The van der Waals surface area contributed by atoms with Crippen molar-refractivity contribution in [2.45, 2.75) is 0 Å². The van der Waals surface area contributed by atoms with Crippen molar-refractivity contribution >= 4 is 38.9 Å². The van der Waals surface area contributed by atoms with E-state index in [9.17, 15) is 0 Å². The molecule has 2 rings (SSSR count). The van der Waals surface area contributed by atoms with Gasteiger partial charge in [0.2, 0.25) is 0 Å². The van der Waals surface area contributed by atoms with Gasteiger partial charge in [-0.15, -0.1) is 21.2 Å². The molecule has 7 heteroatoms. The number of aromatic nitrogens is 3. The lowest BCUT2D eigenvalue weighted by atomic mass is 10.8. The van der Waals surface area contributed by atoms with E-state index in [0.717, 1.165) is 6.54 Å².